The zero-order chi connectivity index (χ0) is 21.5. The summed E-state index contributed by atoms with van der Waals surface area (Å²) in [4.78, 5) is 23.5. The summed E-state index contributed by atoms with van der Waals surface area (Å²) in [6, 6.07) is 17.3. The normalized spacial score (nSPS) is 26.0. The van der Waals surface area contributed by atoms with Gasteiger partial charge < -0.3 is 24.1 Å². The molecule has 0 unspecified atom stereocenters. The van der Waals surface area contributed by atoms with E-state index in [1.807, 2.05) is 18.2 Å². The minimum Gasteiger partial charge on any atom is -0.459 e. The molecular formula is C22H23FO7. The summed E-state index contributed by atoms with van der Waals surface area (Å²) in [5.74, 6) is -1.37. The first-order valence-electron chi connectivity index (χ1n) is 9.48. The van der Waals surface area contributed by atoms with Gasteiger partial charge in [0.15, 0.2) is 6.10 Å². The third-order valence-corrected chi connectivity index (χ3v) is 4.58. The van der Waals surface area contributed by atoms with Crippen LogP contribution in [0.15, 0.2) is 60.7 Å². The van der Waals surface area contributed by atoms with Gasteiger partial charge in [-0.1, -0.05) is 48.5 Å². The van der Waals surface area contributed by atoms with E-state index in [-0.39, 0.29) is 6.61 Å². The molecule has 0 spiro atoms. The Morgan fingerprint density at radius 2 is 1.67 bits per heavy atom. The molecule has 1 aliphatic rings. The molecular weight excluding hydrogens is 395 g/mol. The zero-order valence-electron chi connectivity index (χ0n) is 16.3. The van der Waals surface area contributed by atoms with Crippen molar-refractivity contribution in [3.63, 3.8) is 0 Å². The number of aliphatic hydroxyl groups excluding tert-OH is 1. The fourth-order valence-electron chi connectivity index (χ4n) is 3.11. The van der Waals surface area contributed by atoms with Gasteiger partial charge in [0.1, 0.15) is 24.9 Å². The van der Waals surface area contributed by atoms with Gasteiger partial charge in [-0.15, -0.1) is 0 Å². The molecule has 2 aromatic rings. The summed E-state index contributed by atoms with van der Waals surface area (Å²) < 4.78 is 35.6. The molecule has 0 bridgehead atoms. The van der Waals surface area contributed by atoms with Crippen LogP contribution in [0.2, 0.25) is 0 Å². The Balaban J connectivity index is 1.68. The number of carbonyl (C=O) groups excluding carboxylic acids is 2. The number of alkyl halides is 1. The van der Waals surface area contributed by atoms with E-state index in [2.05, 4.69) is 0 Å². The maximum Gasteiger partial charge on any atom is 0.338 e. The number of hydrogen-bond donors (Lipinski definition) is 1. The molecule has 0 radical (unpaired) electrons. The highest BCUT2D eigenvalue weighted by atomic mass is 19.1. The van der Waals surface area contributed by atoms with E-state index in [9.17, 15) is 19.1 Å². The van der Waals surface area contributed by atoms with E-state index in [0.717, 1.165) is 12.5 Å². The Morgan fingerprint density at radius 1 is 1.03 bits per heavy atom. The fraction of sp³-hybridized carbons (Fsp3) is 0.364. The van der Waals surface area contributed by atoms with Gasteiger partial charge in [-0.25, -0.2) is 9.18 Å². The van der Waals surface area contributed by atoms with Crippen LogP contribution >= 0.6 is 0 Å². The van der Waals surface area contributed by atoms with Crippen molar-refractivity contribution in [2.75, 3.05) is 6.61 Å². The summed E-state index contributed by atoms with van der Waals surface area (Å²) in [7, 11) is 0. The average Bonchev–Trinajstić information content (AvgIpc) is 2.75. The first kappa shape index (κ1) is 21.9. The Hall–Kier alpha value is -2.81. The molecule has 30 heavy (non-hydrogen) atoms. The smallest absolute Gasteiger partial charge is 0.338 e. The molecule has 0 amide bonds. The summed E-state index contributed by atoms with van der Waals surface area (Å²) >= 11 is 0. The molecule has 3 rings (SSSR count). The van der Waals surface area contributed by atoms with Crippen LogP contribution in [0.5, 0.6) is 0 Å². The Kier molecular flexibility index (Phi) is 7.51. The molecule has 2 aromatic carbocycles. The van der Waals surface area contributed by atoms with E-state index in [1.165, 1.54) is 0 Å². The van der Waals surface area contributed by atoms with Crippen molar-refractivity contribution in [2.24, 2.45) is 0 Å². The van der Waals surface area contributed by atoms with Gasteiger partial charge in [0.25, 0.3) is 0 Å². The van der Waals surface area contributed by atoms with Crippen molar-refractivity contribution in [3.8, 4) is 0 Å². The number of hydrogen-bond acceptors (Lipinski definition) is 7. The van der Waals surface area contributed by atoms with E-state index in [0.29, 0.717) is 5.56 Å². The number of benzene rings is 2. The van der Waals surface area contributed by atoms with E-state index in [1.54, 1.807) is 42.5 Å². The van der Waals surface area contributed by atoms with Crippen molar-refractivity contribution < 1.29 is 38.0 Å². The summed E-state index contributed by atoms with van der Waals surface area (Å²) in [5.41, 5.74) is 1.11. The average molecular weight is 418 g/mol. The van der Waals surface area contributed by atoms with Crippen LogP contribution in [0, 0.1) is 0 Å². The van der Waals surface area contributed by atoms with Crippen molar-refractivity contribution >= 4 is 11.9 Å². The third-order valence-electron chi connectivity index (χ3n) is 4.58. The lowest BCUT2D eigenvalue weighted by Gasteiger charge is -2.40. The lowest BCUT2D eigenvalue weighted by molar-refractivity contribution is -0.278. The minimum atomic E-state index is -2.06. The van der Waals surface area contributed by atoms with Gasteiger partial charge in [-0.2, -0.15) is 0 Å². The van der Waals surface area contributed by atoms with Gasteiger partial charge in [0.2, 0.25) is 6.36 Å². The molecule has 160 valence electrons. The van der Waals surface area contributed by atoms with Crippen LogP contribution in [0.3, 0.4) is 0 Å². The predicted molar refractivity (Wildman–Crippen MR) is 103 cm³/mol. The summed E-state index contributed by atoms with van der Waals surface area (Å²) in [5, 5.41) is 10.7. The van der Waals surface area contributed by atoms with Gasteiger partial charge in [-0.05, 0) is 17.7 Å². The van der Waals surface area contributed by atoms with Crippen molar-refractivity contribution in [1.82, 2.24) is 0 Å². The second kappa shape index (κ2) is 10.3. The number of halogens is 1. The molecule has 0 saturated carbocycles. The van der Waals surface area contributed by atoms with Crippen molar-refractivity contribution in [2.45, 2.75) is 44.3 Å². The van der Waals surface area contributed by atoms with Gasteiger partial charge in [0, 0.05) is 6.92 Å². The Labute approximate surface area is 173 Å². The van der Waals surface area contributed by atoms with Gasteiger partial charge >= 0.3 is 11.9 Å². The Bertz CT molecular complexity index is 830. The van der Waals surface area contributed by atoms with Crippen LogP contribution in [0.25, 0.3) is 0 Å². The van der Waals surface area contributed by atoms with Crippen LogP contribution in [0.1, 0.15) is 22.8 Å². The number of rotatable bonds is 7. The molecule has 1 N–H and O–H groups in total. The number of carbonyl (C=O) groups is 2. The second-order valence-electron chi connectivity index (χ2n) is 6.82. The van der Waals surface area contributed by atoms with Crippen LogP contribution < -0.4 is 0 Å². The summed E-state index contributed by atoms with van der Waals surface area (Å²) in [6.07, 6.45) is -7.31. The maximum atomic E-state index is 14.6. The standard InChI is InChI=1S/C22H23FO7/c1-14(24)29-20-19(27-12-15-8-4-2-5-9-15)18(25)17(30-21(20)23)13-28-22(26)16-10-6-3-7-11-16/h2-11,17-21,25H,12-13H2,1H3/t17-,18-,19+,20+,21+/m1/s1. The Morgan fingerprint density at radius 3 is 2.30 bits per heavy atom. The number of esters is 2. The van der Waals surface area contributed by atoms with Crippen LogP contribution in [0.4, 0.5) is 4.39 Å². The number of aliphatic hydroxyl groups is 1. The fourth-order valence-corrected chi connectivity index (χ4v) is 3.11. The van der Waals surface area contributed by atoms with E-state index in [4.69, 9.17) is 18.9 Å². The molecule has 1 fully saturated rings. The lowest BCUT2D eigenvalue weighted by atomic mass is 9.99. The molecule has 5 atom stereocenters. The van der Waals surface area contributed by atoms with Crippen molar-refractivity contribution in [3.05, 3.63) is 71.8 Å². The SMILES string of the molecule is CC(=O)O[C@H]1[C@@H](OCc2ccccc2)[C@H](O)[C@@H](COC(=O)c2ccccc2)O[C@@H]1F. The molecule has 1 aliphatic heterocycles. The molecule has 7 nitrogen and oxygen atoms in total. The molecule has 0 aliphatic carbocycles. The minimum absolute atomic E-state index is 0.0591. The topological polar surface area (TPSA) is 91.3 Å². The second-order valence-corrected chi connectivity index (χ2v) is 6.82. The molecule has 0 aromatic heterocycles. The molecule has 8 heteroatoms. The monoisotopic (exact) mass is 418 g/mol. The van der Waals surface area contributed by atoms with Crippen molar-refractivity contribution in [1.29, 1.82) is 0 Å². The van der Waals surface area contributed by atoms with Crippen LogP contribution in [-0.4, -0.2) is 54.4 Å². The molecule has 1 saturated heterocycles. The van der Waals surface area contributed by atoms with Crippen LogP contribution in [-0.2, 0) is 30.3 Å². The van der Waals surface area contributed by atoms with Gasteiger partial charge in [0.05, 0.1) is 12.2 Å². The molecule has 1 heterocycles. The quantitative estimate of drug-likeness (QED) is 0.691. The van der Waals surface area contributed by atoms with E-state index < -0.39 is 49.3 Å². The maximum absolute atomic E-state index is 14.6. The zero-order valence-corrected chi connectivity index (χ0v) is 16.3. The van der Waals surface area contributed by atoms with E-state index >= 15 is 0 Å². The third kappa shape index (κ3) is 5.63. The highest BCUT2D eigenvalue weighted by molar-refractivity contribution is 5.89. The summed E-state index contributed by atoms with van der Waals surface area (Å²) in [6.45, 7) is 0.790. The highest BCUT2D eigenvalue weighted by Crippen LogP contribution is 2.28. The first-order chi connectivity index (χ1) is 14.5. The first-order valence-corrected chi connectivity index (χ1v) is 9.48. The predicted octanol–water partition coefficient (Wildman–Crippen LogP) is 2.42. The lowest BCUT2D eigenvalue weighted by Crippen LogP contribution is -2.59. The number of ether oxygens (including phenoxy) is 4. The highest BCUT2D eigenvalue weighted by Gasteiger charge is 2.48. The largest absolute Gasteiger partial charge is 0.459 e. The van der Waals surface area contributed by atoms with Gasteiger partial charge in [-0.3, -0.25) is 4.79 Å².